The largest absolute Gasteiger partial charge is 0.457 e. The van der Waals surface area contributed by atoms with Gasteiger partial charge in [-0.05, 0) is 85.6 Å². The number of hydrogen-bond donors (Lipinski definition) is 0. The molecular weight excluding hydrogens is 726 g/mol. The standard InChI is InChI=1S/C38H66N7O5PSSi/c1-12-16-21-51(22-17-13-2,23-18-14-3)35(36(48)49-20-15-4)45-31(33(34(45)47)29(38(6,7)8)27-50-53(10)11)26-32(46)30-25-28(5)44(40-30)19-24-52-37-39-41-42-43(37)9/h15,25,29,31,33,53H,4,12-14,16-24,26-27H2,1-3,5-11H3/t29-,31-,33+/m1/s1. The number of β-lactam (4-membered cyclic amide) rings is 1. The molecule has 0 bridgehead atoms. The normalized spacial score (nSPS) is 16.9. The highest BCUT2D eigenvalue weighted by atomic mass is 32.2. The van der Waals surface area contributed by atoms with Gasteiger partial charge in [0.15, 0.2) is 14.8 Å². The number of esters is 1. The van der Waals surface area contributed by atoms with E-state index in [-0.39, 0.29) is 36.1 Å². The Bertz CT molecular complexity index is 1560. The van der Waals surface area contributed by atoms with Gasteiger partial charge in [0.1, 0.15) is 17.7 Å². The smallest absolute Gasteiger partial charge is 0.355 e. The fraction of sp³-hybridized carbons (Fsp3) is 0.737. The maximum absolute atomic E-state index is 14.9. The molecule has 298 valence electrons. The van der Waals surface area contributed by atoms with Gasteiger partial charge in [-0.25, -0.2) is 9.48 Å². The topological polar surface area (TPSA) is 134 Å². The number of thioether (sulfide) groups is 1. The Balaban J connectivity index is 2.16. The van der Waals surface area contributed by atoms with Crippen LogP contribution in [0.1, 0.15) is 103 Å². The minimum atomic E-state index is -2.19. The second kappa shape index (κ2) is 20.9. The predicted molar refractivity (Wildman–Crippen MR) is 220 cm³/mol. The number of nitrogens with zero attached hydrogens (tertiary/aromatic N) is 7. The summed E-state index contributed by atoms with van der Waals surface area (Å²) in [6, 6.07) is 1.31. The number of carbonyl (C=O) groups excluding carboxylic acids is 3. The molecule has 3 rings (SSSR count). The third-order valence-electron chi connectivity index (χ3n) is 10.2. The molecule has 3 atom stereocenters. The van der Waals surface area contributed by atoms with E-state index in [0.717, 1.165) is 62.7 Å². The minimum absolute atomic E-state index is 0.0610. The number of unbranched alkanes of at least 4 members (excludes halogenated alkanes) is 3. The molecule has 2 aromatic heterocycles. The van der Waals surface area contributed by atoms with E-state index in [9.17, 15) is 14.4 Å². The summed E-state index contributed by atoms with van der Waals surface area (Å²) in [5.74, 6) is -0.625. The van der Waals surface area contributed by atoms with Gasteiger partial charge in [-0.2, -0.15) is 5.10 Å². The molecule has 1 fully saturated rings. The van der Waals surface area contributed by atoms with E-state index in [1.165, 1.54) is 11.8 Å². The first kappa shape index (κ1) is 44.9. The van der Waals surface area contributed by atoms with Crippen LogP contribution in [0.15, 0.2) is 23.9 Å². The molecule has 0 aliphatic carbocycles. The number of rotatable bonds is 24. The highest BCUT2D eigenvalue weighted by molar-refractivity contribution is 7.99. The summed E-state index contributed by atoms with van der Waals surface area (Å²) in [5.41, 5.74) is 1.49. The Morgan fingerprint density at radius 1 is 1.09 bits per heavy atom. The lowest BCUT2D eigenvalue weighted by atomic mass is 9.65. The van der Waals surface area contributed by atoms with E-state index in [2.05, 4.69) is 76.7 Å². The van der Waals surface area contributed by atoms with Crippen molar-refractivity contribution >= 4 is 50.8 Å². The van der Waals surface area contributed by atoms with Crippen LogP contribution >= 0.6 is 18.6 Å². The Hall–Kier alpha value is -2.54. The molecule has 0 N–H and O–H groups in total. The third kappa shape index (κ3) is 11.7. The molecule has 0 aromatic carbocycles. The first-order valence-corrected chi connectivity index (χ1v) is 25.7. The fourth-order valence-electron chi connectivity index (χ4n) is 7.16. The van der Waals surface area contributed by atoms with Gasteiger partial charge < -0.3 is 14.1 Å². The summed E-state index contributed by atoms with van der Waals surface area (Å²) in [6.07, 6.45) is 10.2. The summed E-state index contributed by atoms with van der Waals surface area (Å²) in [7, 11) is 0.387. The van der Waals surface area contributed by atoms with Crippen molar-refractivity contribution in [1.82, 2.24) is 34.9 Å². The molecule has 0 radical (unpaired) electrons. The van der Waals surface area contributed by atoms with Crippen LogP contribution in [-0.2, 0) is 32.3 Å². The second-order valence-electron chi connectivity index (χ2n) is 15.7. The lowest BCUT2D eigenvalue weighted by Crippen LogP contribution is -2.69. The van der Waals surface area contributed by atoms with Gasteiger partial charge in [0.2, 0.25) is 11.1 Å². The molecule has 1 aliphatic rings. The summed E-state index contributed by atoms with van der Waals surface area (Å²) in [5, 5.41) is 17.1. The van der Waals surface area contributed by atoms with Gasteiger partial charge in [0.05, 0.1) is 18.5 Å². The maximum Gasteiger partial charge on any atom is 0.355 e. The average Bonchev–Trinajstić information content (AvgIpc) is 3.70. The molecule has 53 heavy (non-hydrogen) atoms. The van der Waals surface area contributed by atoms with Crippen molar-refractivity contribution in [1.29, 1.82) is 0 Å². The van der Waals surface area contributed by atoms with Crippen molar-refractivity contribution in [3.05, 3.63) is 30.1 Å². The Labute approximate surface area is 324 Å². The van der Waals surface area contributed by atoms with Crippen LogP contribution < -0.4 is 0 Å². The van der Waals surface area contributed by atoms with Gasteiger partial charge in [0, 0.05) is 31.5 Å². The molecule has 0 saturated carbocycles. The highest BCUT2D eigenvalue weighted by Crippen LogP contribution is 2.55. The van der Waals surface area contributed by atoms with E-state index >= 15 is 0 Å². The van der Waals surface area contributed by atoms with Crippen LogP contribution in [0.4, 0.5) is 0 Å². The van der Waals surface area contributed by atoms with Crippen molar-refractivity contribution < 1.29 is 23.5 Å². The Morgan fingerprint density at radius 2 is 1.72 bits per heavy atom. The van der Waals surface area contributed by atoms with Gasteiger partial charge in [-0.1, -0.05) is 92.1 Å². The van der Waals surface area contributed by atoms with E-state index < -0.39 is 33.9 Å². The van der Waals surface area contributed by atoms with Gasteiger partial charge in [-0.3, -0.25) is 14.3 Å². The number of Topliss-reactive ketones (excluding diaryl/α,β-unsaturated/α-hetero) is 1. The number of carbonyl (C=O) groups is 3. The van der Waals surface area contributed by atoms with Crippen molar-refractivity contribution in [2.24, 2.45) is 24.3 Å². The number of ether oxygens (including phenoxy) is 1. The third-order valence-corrected chi connectivity index (χ3v) is 16.9. The molecule has 3 heterocycles. The fourth-order valence-corrected chi connectivity index (χ4v) is 13.7. The average molecular weight is 792 g/mol. The molecule has 2 aromatic rings. The number of tetrazole rings is 1. The van der Waals surface area contributed by atoms with Crippen molar-refractivity contribution in [3.8, 4) is 0 Å². The zero-order valence-electron chi connectivity index (χ0n) is 34.1. The number of ketones is 1. The molecule has 1 amide bonds. The first-order valence-electron chi connectivity index (χ1n) is 19.5. The molecule has 12 nitrogen and oxygen atoms in total. The summed E-state index contributed by atoms with van der Waals surface area (Å²) < 4.78 is 15.7. The monoisotopic (exact) mass is 791 g/mol. The minimum Gasteiger partial charge on any atom is -0.457 e. The SMILES string of the molecule is C=CCOC(=O)C(N1C(=O)[C@@H]([C@@H](CO[SiH](C)C)C(C)(C)C)[C@H]1CC(=O)c1cc(C)n(CCSc2nnnn2C)n1)=P(CCCC)(CCCC)CCCC. The van der Waals surface area contributed by atoms with E-state index in [1.54, 1.807) is 22.7 Å². The van der Waals surface area contributed by atoms with Crippen molar-refractivity contribution in [2.75, 3.05) is 37.5 Å². The Kier molecular flexibility index (Phi) is 17.7. The van der Waals surface area contributed by atoms with Crippen LogP contribution in [0.3, 0.4) is 0 Å². The molecule has 1 saturated heterocycles. The van der Waals surface area contributed by atoms with Crippen LogP contribution in [-0.4, -0.2) is 110 Å². The predicted octanol–water partition coefficient (Wildman–Crippen LogP) is 6.85. The number of aryl methyl sites for hydroxylation is 3. The van der Waals surface area contributed by atoms with Gasteiger partial charge in [0.25, 0.3) is 0 Å². The number of hydrogen-bond acceptors (Lipinski definition) is 10. The number of aromatic nitrogens is 6. The summed E-state index contributed by atoms with van der Waals surface area (Å²) in [6.45, 7) is 21.8. The molecule has 1 aliphatic heterocycles. The first-order chi connectivity index (χ1) is 25.1. The second-order valence-corrected chi connectivity index (χ2v) is 23.2. The van der Waals surface area contributed by atoms with E-state index in [1.807, 2.05) is 17.7 Å². The van der Waals surface area contributed by atoms with Crippen molar-refractivity contribution in [2.45, 2.75) is 124 Å². The highest BCUT2D eigenvalue weighted by Gasteiger charge is 2.57. The van der Waals surface area contributed by atoms with Crippen LogP contribution in [0, 0.1) is 24.2 Å². The number of amides is 1. The summed E-state index contributed by atoms with van der Waals surface area (Å²) in [4.78, 5) is 45.5. The van der Waals surface area contributed by atoms with E-state index in [0.29, 0.717) is 35.2 Å². The van der Waals surface area contributed by atoms with E-state index in [4.69, 9.17) is 14.3 Å². The number of likely N-dealkylation sites (tertiary alicyclic amines) is 1. The van der Waals surface area contributed by atoms with Crippen LogP contribution in [0.25, 0.3) is 0 Å². The zero-order chi connectivity index (χ0) is 39.3. The molecular formula is C38H66N7O5PSSi. The molecule has 0 spiro atoms. The Morgan fingerprint density at radius 3 is 2.23 bits per heavy atom. The van der Waals surface area contributed by atoms with Gasteiger partial charge >= 0.3 is 5.97 Å². The maximum atomic E-state index is 14.9. The lowest BCUT2D eigenvalue weighted by Gasteiger charge is -2.54. The quantitative estimate of drug-likeness (QED) is 0.0212. The van der Waals surface area contributed by atoms with Gasteiger partial charge in [-0.15, -0.1) is 5.10 Å². The lowest BCUT2D eigenvalue weighted by molar-refractivity contribution is -0.158. The van der Waals surface area contributed by atoms with Crippen LogP contribution in [0.2, 0.25) is 13.1 Å². The molecule has 15 heteroatoms. The molecule has 0 unspecified atom stereocenters. The van der Waals surface area contributed by atoms with Crippen molar-refractivity contribution in [3.63, 3.8) is 0 Å². The summed E-state index contributed by atoms with van der Waals surface area (Å²) >= 11 is 1.52. The zero-order valence-corrected chi connectivity index (χ0v) is 37.0. The van der Waals surface area contributed by atoms with Crippen LogP contribution in [0.5, 0.6) is 0 Å².